The Labute approximate surface area is 113 Å². The van der Waals surface area contributed by atoms with Crippen molar-refractivity contribution in [3.8, 4) is 0 Å². The lowest BCUT2D eigenvalue weighted by Crippen LogP contribution is -1.99. The molecule has 1 heteroatoms. The van der Waals surface area contributed by atoms with Crippen LogP contribution in [0.5, 0.6) is 0 Å². The molecule has 18 heavy (non-hydrogen) atoms. The quantitative estimate of drug-likeness (QED) is 0.566. The maximum absolute atomic E-state index is 2.34. The first-order valence-electron chi connectivity index (χ1n) is 6.38. The molecular weight excluding hydrogens is 236 g/mol. The van der Waals surface area contributed by atoms with Gasteiger partial charge in [-0.3, -0.25) is 0 Å². The van der Waals surface area contributed by atoms with Crippen LogP contribution >= 0.6 is 11.8 Å². The Morgan fingerprint density at radius 3 is 2.61 bits per heavy atom. The molecule has 0 bridgehead atoms. The summed E-state index contributed by atoms with van der Waals surface area (Å²) in [6, 6.07) is 15.4. The van der Waals surface area contributed by atoms with Gasteiger partial charge in [-0.1, -0.05) is 60.7 Å². The molecule has 0 spiro atoms. The van der Waals surface area contributed by atoms with E-state index in [0.717, 1.165) is 6.42 Å². The molecule has 0 radical (unpaired) electrons. The highest BCUT2D eigenvalue weighted by Gasteiger charge is 2.19. The number of benzene rings is 2. The molecule has 0 nitrogen and oxygen atoms in total. The predicted molar refractivity (Wildman–Crippen MR) is 79.1 cm³/mol. The van der Waals surface area contributed by atoms with Gasteiger partial charge in [-0.05, 0) is 42.2 Å². The minimum atomic E-state index is 1.07. The van der Waals surface area contributed by atoms with Gasteiger partial charge in [0.25, 0.3) is 0 Å². The maximum Gasteiger partial charge on any atom is 0.0201 e. The van der Waals surface area contributed by atoms with Crippen molar-refractivity contribution in [1.82, 2.24) is 0 Å². The molecule has 1 aliphatic heterocycles. The Hall–Kier alpha value is -1.47. The lowest BCUT2D eigenvalue weighted by atomic mass is 9.95. The molecule has 0 saturated heterocycles. The van der Waals surface area contributed by atoms with Gasteiger partial charge >= 0.3 is 0 Å². The molecule has 0 aliphatic carbocycles. The second kappa shape index (κ2) is 4.66. The van der Waals surface area contributed by atoms with Crippen LogP contribution in [-0.4, -0.2) is 0 Å². The first-order valence-corrected chi connectivity index (χ1v) is 7.19. The van der Waals surface area contributed by atoms with Crippen LogP contribution < -0.4 is 0 Å². The number of hydrogen-bond acceptors (Lipinski definition) is 1. The molecule has 90 valence electrons. The van der Waals surface area contributed by atoms with Crippen molar-refractivity contribution in [2.45, 2.75) is 30.1 Å². The second-order valence-corrected chi connectivity index (χ2v) is 5.71. The largest absolute Gasteiger partial charge is 0.0888 e. The minimum Gasteiger partial charge on any atom is -0.0888 e. The summed E-state index contributed by atoms with van der Waals surface area (Å²) in [7, 11) is 0. The van der Waals surface area contributed by atoms with Crippen molar-refractivity contribution in [2.75, 3.05) is 0 Å². The molecule has 0 aromatic heterocycles. The highest BCUT2D eigenvalue weighted by Crippen LogP contribution is 2.45. The van der Waals surface area contributed by atoms with Crippen molar-refractivity contribution >= 4 is 17.3 Å². The van der Waals surface area contributed by atoms with Crippen molar-refractivity contribution in [3.63, 3.8) is 0 Å². The fraction of sp³-hybridized carbons (Fsp3) is 0.176. The topological polar surface area (TPSA) is 0 Å². The molecule has 2 aromatic rings. The molecule has 3 rings (SSSR count). The summed E-state index contributed by atoms with van der Waals surface area (Å²) in [6.07, 6.45) is 3.42. The van der Waals surface area contributed by atoms with Gasteiger partial charge in [-0.25, -0.2) is 0 Å². The lowest BCUT2D eigenvalue weighted by molar-refractivity contribution is 1.20. The molecule has 0 saturated carbocycles. The summed E-state index contributed by atoms with van der Waals surface area (Å²) in [4.78, 5) is 2.74. The molecular formula is C17H16S. The van der Waals surface area contributed by atoms with Gasteiger partial charge in [-0.15, -0.1) is 0 Å². The highest BCUT2D eigenvalue weighted by atomic mass is 32.2. The normalized spacial score (nSPS) is 15.3. The van der Waals surface area contributed by atoms with Gasteiger partial charge in [0.1, 0.15) is 0 Å². The monoisotopic (exact) mass is 252 g/mol. The first kappa shape index (κ1) is 11.6. The lowest BCUT2D eigenvalue weighted by Gasteiger charge is -2.22. The van der Waals surface area contributed by atoms with E-state index in [9.17, 15) is 0 Å². The van der Waals surface area contributed by atoms with Crippen LogP contribution in [0.15, 0.2) is 58.3 Å². The molecule has 0 fully saturated rings. The zero-order valence-electron chi connectivity index (χ0n) is 10.7. The van der Waals surface area contributed by atoms with Crippen LogP contribution in [0.3, 0.4) is 0 Å². The molecule has 1 aliphatic rings. The van der Waals surface area contributed by atoms with Crippen molar-refractivity contribution in [2.24, 2.45) is 0 Å². The summed E-state index contributed by atoms with van der Waals surface area (Å²) >= 11 is 1.88. The standard InChI is InChI=1S/C17H16S/c1-3-6-13-14-7-4-5-8-16(14)18-17-10-9-12(2)11-15(13)17/h4-11H,3H2,1-2H3/b13-6-. The SMILES string of the molecule is CC/C=C1/c2ccccc2Sc2ccc(C)cc21. The van der Waals surface area contributed by atoms with Gasteiger partial charge in [0, 0.05) is 9.79 Å². The zero-order valence-corrected chi connectivity index (χ0v) is 11.6. The van der Waals surface area contributed by atoms with Gasteiger partial charge in [0.15, 0.2) is 0 Å². The summed E-state index contributed by atoms with van der Waals surface area (Å²) in [5.41, 5.74) is 5.49. The van der Waals surface area contributed by atoms with E-state index < -0.39 is 0 Å². The van der Waals surface area contributed by atoms with E-state index in [2.05, 4.69) is 62.4 Å². The molecule has 0 atom stereocenters. The van der Waals surface area contributed by atoms with Gasteiger partial charge in [0.2, 0.25) is 0 Å². The third-order valence-corrected chi connectivity index (χ3v) is 4.38. The van der Waals surface area contributed by atoms with E-state index in [0.29, 0.717) is 0 Å². The van der Waals surface area contributed by atoms with Gasteiger partial charge in [-0.2, -0.15) is 0 Å². The van der Waals surface area contributed by atoms with Crippen molar-refractivity contribution in [3.05, 3.63) is 65.2 Å². The molecule has 0 amide bonds. The summed E-state index contributed by atoms with van der Waals surface area (Å²) in [5.74, 6) is 0. The number of hydrogen-bond donors (Lipinski definition) is 0. The van der Waals surface area contributed by atoms with Crippen LogP contribution in [0.1, 0.15) is 30.0 Å². The number of rotatable bonds is 1. The van der Waals surface area contributed by atoms with Crippen molar-refractivity contribution in [1.29, 1.82) is 0 Å². The first-order chi connectivity index (χ1) is 8.79. The van der Waals surface area contributed by atoms with E-state index in [4.69, 9.17) is 0 Å². The third kappa shape index (κ3) is 1.89. The fourth-order valence-corrected chi connectivity index (χ4v) is 3.50. The van der Waals surface area contributed by atoms with Crippen LogP contribution in [0.2, 0.25) is 0 Å². The Kier molecular flexibility index (Phi) is 3.00. The van der Waals surface area contributed by atoms with E-state index in [1.807, 2.05) is 11.8 Å². The Bertz CT molecular complexity index is 623. The van der Waals surface area contributed by atoms with E-state index in [-0.39, 0.29) is 0 Å². The van der Waals surface area contributed by atoms with Crippen LogP contribution in [0, 0.1) is 6.92 Å². The maximum atomic E-state index is 2.34. The Morgan fingerprint density at radius 1 is 1.00 bits per heavy atom. The van der Waals surface area contributed by atoms with E-state index in [1.54, 1.807) is 0 Å². The fourth-order valence-electron chi connectivity index (χ4n) is 2.41. The number of fused-ring (bicyclic) bond motifs is 2. The smallest absolute Gasteiger partial charge is 0.0201 e. The zero-order chi connectivity index (χ0) is 12.5. The van der Waals surface area contributed by atoms with E-state index >= 15 is 0 Å². The highest BCUT2D eigenvalue weighted by molar-refractivity contribution is 7.99. The van der Waals surface area contributed by atoms with Crippen LogP contribution in [-0.2, 0) is 0 Å². The van der Waals surface area contributed by atoms with E-state index in [1.165, 1.54) is 32.1 Å². The van der Waals surface area contributed by atoms with Crippen LogP contribution in [0.25, 0.3) is 5.57 Å². The summed E-state index contributed by atoms with van der Waals surface area (Å²) in [6.45, 7) is 4.36. The molecule has 1 heterocycles. The van der Waals surface area contributed by atoms with Crippen molar-refractivity contribution < 1.29 is 0 Å². The molecule has 2 aromatic carbocycles. The molecule has 0 N–H and O–H groups in total. The summed E-state index contributed by atoms with van der Waals surface area (Å²) < 4.78 is 0. The molecule has 0 unspecified atom stereocenters. The van der Waals surface area contributed by atoms with Crippen LogP contribution in [0.4, 0.5) is 0 Å². The minimum absolute atomic E-state index is 1.07. The third-order valence-electron chi connectivity index (χ3n) is 3.23. The predicted octanol–water partition coefficient (Wildman–Crippen LogP) is 5.30. The summed E-state index contributed by atoms with van der Waals surface area (Å²) in [5, 5.41) is 0. The Morgan fingerprint density at radius 2 is 1.78 bits per heavy atom. The van der Waals surface area contributed by atoms with Gasteiger partial charge < -0.3 is 0 Å². The average molecular weight is 252 g/mol. The van der Waals surface area contributed by atoms with Gasteiger partial charge in [0.05, 0.1) is 0 Å². The number of allylic oxidation sites excluding steroid dienone is 1. The second-order valence-electron chi connectivity index (χ2n) is 4.62. The Balaban J connectivity index is 2.25. The number of aryl methyl sites for hydroxylation is 1. The average Bonchev–Trinajstić information content (AvgIpc) is 2.39.